The highest BCUT2D eigenvalue weighted by Crippen LogP contribution is 2.21. The van der Waals surface area contributed by atoms with Crippen molar-refractivity contribution in [2.75, 3.05) is 31.7 Å². The second-order valence-electron chi connectivity index (χ2n) is 6.24. The van der Waals surface area contributed by atoms with Crippen molar-refractivity contribution in [3.8, 4) is 0 Å². The first-order chi connectivity index (χ1) is 11.9. The van der Waals surface area contributed by atoms with E-state index >= 15 is 0 Å². The smallest absolute Gasteiger partial charge is 0.248 e. The van der Waals surface area contributed by atoms with Crippen molar-refractivity contribution in [3.63, 3.8) is 0 Å². The molecule has 1 saturated heterocycles. The molecule has 25 heavy (non-hydrogen) atoms. The van der Waals surface area contributed by atoms with Gasteiger partial charge in [-0.15, -0.1) is 0 Å². The molecule has 0 aliphatic carbocycles. The summed E-state index contributed by atoms with van der Waals surface area (Å²) in [5, 5.41) is 0.589. The zero-order chi connectivity index (χ0) is 18.4. The number of carbonyl (C=O) groups is 3. The Morgan fingerprint density at radius 2 is 1.88 bits per heavy atom. The molecule has 1 aliphatic rings. The average Bonchev–Trinajstić information content (AvgIpc) is 2.97. The van der Waals surface area contributed by atoms with Crippen LogP contribution in [0.1, 0.15) is 32.6 Å². The molecule has 136 valence electrons. The van der Waals surface area contributed by atoms with Gasteiger partial charge in [-0.1, -0.05) is 31.4 Å². The van der Waals surface area contributed by atoms with Crippen LogP contribution in [0.4, 0.5) is 5.69 Å². The molecule has 1 fully saturated rings. The van der Waals surface area contributed by atoms with E-state index in [2.05, 4.69) is 6.92 Å². The number of amides is 3. The quantitative estimate of drug-likeness (QED) is 0.697. The number of benzene rings is 1. The molecule has 1 aromatic rings. The number of hydrogen-bond donors (Lipinski definition) is 0. The number of rotatable bonds is 7. The van der Waals surface area contributed by atoms with E-state index in [1.807, 2.05) is 0 Å². The maximum absolute atomic E-state index is 12.4. The number of unbranched alkanes of at least 4 members (excludes halogenated alkanes) is 2. The number of carbonyl (C=O) groups excluding carboxylic acids is 3. The summed E-state index contributed by atoms with van der Waals surface area (Å²) in [4.78, 5) is 41.0. The molecule has 7 heteroatoms. The maximum atomic E-state index is 12.4. The molecule has 0 atom stereocenters. The molecule has 6 nitrogen and oxygen atoms in total. The van der Waals surface area contributed by atoms with Crippen molar-refractivity contribution < 1.29 is 14.4 Å². The Morgan fingerprint density at radius 3 is 2.52 bits per heavy atom. The van der Waals surface area contributed by atoms with Crippen molar-refractivity contribution in [2.45, 2.75) is 32.6 Å². The van der Waals surface area contributed by atoms with Crippen LogP contribution in [0.3, 0.4) is 0 Å². The third-order valence-corrected chi connectivity index (χ3v) is 4.47. The lowest BCUT2D eigenvalue weighted by molar-refractivity contribution is -0.139. The molecule has 0 radical (unpaired) electrons. The molecule has 0 bridgehead atoms. The fourth-order valence-electron chi connectivity index (χ4n) is 2.67. The topological polar surface area (TPSA) is 60.9 Å². The highest BCUT2D eigenvalue weighted by Gasteiger charge is 2.32. The van der Waals surface area contributed by atoms with Crippen molar-refractivity contribution in [2.24, 2.45) is 0 Å². The first kappa shape index (κ1) is 19.2. The summed E-state index contributed by atoms with van der Waals surface area (Å²) in [6, 6.07) is 6.91. The van der Waals surface area contributed by atoms with Crippen LogP contribution in [0.25, 0.3) is 0 Å². The SMILES string of the molecule is CCCCCC(=O)N(C)CC(=O)N1CC(=O)N(c2ccc(Cl)cc2)C1. The molecule has 1 heterocycles. The standard InChI is InChI=1S/C18H24ClN3O3/c1-3-4-5-6-16(23)20(2)11-17(24)21-12-18(25)22(13-21)15-9-7-14(19)8-10-15/h7-10H,3-6,11-13H2,1-2H3. The van der Waals surface area contributed by atoms with Gasteiger partial charge in [0.1, 0.15) is 13.2 Å². The van der Waals surface area contributed by atoms with Gasteiger partial charge in [0.15, 0.2) is 0 Å². The summed E-state index contributed by atoms with van der Waals surface area (Å²) in [5.74, 6) is -0.411. The fraction of sp³-hybridized carbons (Fsp3) is 0.500. The van der Waals surface area contributed by atoms with Gasteiger partial charge in [0.25, 0.3) is 0 Å². The zero-order valence-corrected chi connectivity index (χ0v) is 15.5. The van der Waals surface area contributed by atoms with Crippen LogP contribution >= 0.6 is 11.6 Å². The van der Waals surface area contributed by atoms with Gasteiger partial charge in [0.2, 0.25) is 17.7 Å². The van der Waals surface area contributed by atoms with Gasteiger partial charge < -0.3 is 9.80 Å². The minimum absolute atomic E-state index is 0.00725. The van der Waals surface area contributed by atoms with Gasteiger partial charge in [-0.05, 0) is 30.7 Å². The van der Waals surface area contributed by atoms with Crippen LogP contribution < -0.4 is 4.90 Å². The van der Waals surface area contributed by atoms with E-state index in [1.165, 1.54) is 14.7 Å². The number of hydrogen-bond acceptors (Lipinski definition) is 3. The Kier molecular flexibility index (Phi) is 6.82. The molecule has 0 spiro atoms. The summed E-state index contributed by atoms with van der Waals surface area (Å²) in [7, 11) is 1.63. The predicted molar refractivity (Wildman–Crippen MR) is 97.3 cm³/mol. The largest absolute Gasteiger partial charge is 0.336 e. The van der Waals surface area contributed by atoms with Crippen molar-refractivity contribution >= 4 is 35.0 Å². The Balaban J connectivity index is 1.89. The molecule has 0 aromatic heterocycles. The van der Waals surface area contributed by atoms with Crippen molar-refractivity contribution in [3.05, 3.63) is 29.3 Å². The molecule has 0 saturated carbocycles. The predicted octanol–water partition coefficient (Wildman–Crippen LogP) is 2.51. The molecule has 1 aliphatic heterocycles. The molecular formula is C18H24ClN3O3. The lowest BCUT2D eigenvalue weighted by Crippen LogP contribution is -2.40. The Bertz CT molecular complexity index is 633. The summed E-state index contributed by atoms with van der Waals surface area (Å²) >= 11 is 5.86. The van der Waals surface area contributed by atoms with E-state index in [1.54, 1.807) is 31.3 Å². The summed E-state index contributed by atoms with van der Waals surface area (Å²) in [6.07, 6.45) is 3.34. The number of nitrogens with zero attached hydrogens (tertiary/aromatic N) is 3. The first-order valence-electron chi connectivity index (χ1n) is 8.50. The normalized spacial score (nSPS) is 14.1. The molecule has 2 rings (SSSR count). The molecule has 3 amide bonds. The average molecular weight is 366 g/mol. The lowest BCUT2D eigenvalue weighted by Gasteiger charge is -2.22. The number of halogens is 1. The lowest BCUT2D eigenvalue weighted by atomic mass is 10.2. The minimum atomic E-state index is -0.226. The second-order valence-corrected chi connectivity index (χ2v) is 6.67. The monoisotopic (exact) mass is 365 g/mol. The van der Waals surface area contributed by atoms with E-state index in [9.17, 15) is 14.4 Å². The summed E-state index contributed by atoms with van der Waals surface area (Å²) in [5.41, 5.74) is 0.702. The number of anilines is 1. The fourth-order valence-corrected chi connectivity index (χ4v) is 2.80. The molecular weight excluding hydrogens is 342 g/mol. The van der Waals surface area contributed by atoms with Crippen molar-refractivity contribution in [1.29, 1.82) is 0 Å². The van der Waals surface area contributed by atoms with Crippen LogP contribution in [0, 0.1) is 0 Å². The summed E-state index contributed by atoms with van der Waals surface area (Å²) < 4.78 is 0. The van der Waals surface area contributed by atoms with E-state index < -0.39 is 0 Å². The summed E-state index contributed by atoms with van der Waals surface area (Å²) in [6.45, 7) is 2.29. The van der Waals surface area contributed by atoms with Gasteiger partial charge in [-0.2, -0.15) is 0 Å². The third kappa shape index (κ3) is 5.19. The van der Waals surface area contributed by atoms with Crippen LogP contribution in [0.2, 0.25) is 5.02 Å². The zero-order valence-electron chi connectivity index (χ0n) is 14.7. The Labute approximate surface area is 153 Å². The highest BCUT2D eigenvalue weighted by molar-refractivity contribution is 6.30. The van der Waals surface area contributed by atoms with Crippen LogP contribution in [-0.2, 0) is 14.4 Å². The van der Waals surface area contributed by atoms with E-state index in [0.29, 0.717) is 17.1 Å². The molecule has 0 N–H and O–H groups in total. The van der Waals surface area contributed by atoms with Crippen molar-refractivity contribution in [1.82, 2.24) is 9.80 Å². The maximum Gasteiger partial charge on any atom is 0.248 e. The van der Waals surface area contributed by atoms with Crippen LogP contribution in [0.15, 0.2) is 24.3 Å². The van der Waals surface area contributed by atoms with Crippen LogP contribution in [0.5, 0.6) is 0 Å². The highest BCUT2D eigenvalue weighted by atomic mass is 35.5. The van der Waals surface area contributed by atoms with E-state index in [4.69, 9.17) is 11.6 Å². The number of likely N-dealkylation sites (N-methyl/N-ethyl adjacent to an activating group) is 1. The van der Waals surface area contributed by atoms with Gasteiger partial charge in [-0.25, -0.2) is 0 Å². The second kappa shape index (κ2) is 8.85. The van der Waals surface area contributed by atoms with Gasteiger partial charge in [0.05, 0.1) is 6.54 Å². The Morgan fingerprint density at radius 1 is 1.20 bits per heavy atom. The van der Waals surface area contributed by atoms with E-state index in [0.717, 1.165) is 19.3 Å². The van der Waals surface area contributed by atoms with E-state index in [-0.39, 0.29) is 37.5 Å². The third-order valence-electron chi connectivity index (χ3n) is 4.22. The van der Waals surface area contributed by atoms with Gasteiger partial charge in [-0.3, -0.25) is 19.3 Å². The van der Waals surface area contributed by atoms with Gasteiger partial charge in [0, 0.05) is 24.2 Å². The minimum Gasteiger partial charge on any atom is -0.336 e. The first-order valence-corrected chi connectivity index (χ1v) is 8.88. The molecule has 1 aromatic carbocycles. The van der Waals surface area contributed by atoms with Gasteiger partial charge >= 0.3 is 0 Å². The van der Waals surface area contributed by atoms with Crippen LogP contribution in [-0.4, -0.2) is 54.3 Å². The molecule has 0 unspecified atom stereocenters. The Hall–Kier alpha value is -2.08.